The number of hydrogen-bond donors (Lipinski definition) is 0. The van der Waals surface area contributed by atoms with Crippen LogP contribution in [0.3, 0.4) is 0 Å². The lowest BCUT2D eigenvalue weighted by Gasteiger charge is -2.26. The second-order valence-electron chi connectivity index (χ2n) is 19.3. The van der Waals surface area contributed by atoms with Crippen molar-refractivity contribution in [2.75, 3.05) is 7.11 Å². The molecule has 61 heavy (non-hydrogen) atoms. The highest BCUT2D eigenvalue weighted by molar-refractivity contribution is 6.46. The zero-order valence-electron chi connectivity index (χ0n) is 36.9. The van der Waals surface area contributed by atoms with Crippen molar-refractivity contribution in [3.05, 3.63) is 183 Å². The summed E-state index contributed by atoms with van der Waals surface area (Å²) in [6, 6.07) is 40.3. The number of aromatic nitrogens is 1. The molecule has 5 nitrogen and oxygen atoms in total. The van der Waals surface area contributed by atoms with Crippen molar-refractivity contribution in [2.45, 2.75) is 78.6 Å². The van der Waals surface area contributed by atoms with Crippen LogP contribution in [0.1, 0.15) is 122 Å². The van der Waals surface area contributed by atoms with Gasteiger partial charge in [-0.1, -0.05) is 159 Å². The number of allylic oxidation sites excluding steroid dienone is 2. The zero-order valence-corrected chi connectivity index (χ0v) is 36.9. The van der Waals surface area contributed by atoms with Crippen LogP contribution in [-0.2, 0) is 16.2 Å². The molecule has 0 saturated heterocycles. The average Bonchev–Trinajstić information content (AvgIpc) is 3.84. The minimum atomic E-state index is -1.71. The van der Waals surface area contributed by atoms with Gasteiger partial charge in [0, 0.05) is 39.6 Å². The van der Waals surface area contributed by atoms with Crippen LogP contribution in [0.25, 0.3) is 33.5 Å². The molecule has 3 heterocycles. The zero-order chi connectivity index (χ0) is 43.6. The molecule has 0 bridgehead atoms. The molecule has 1 aromatic heterocycles. The van der Waals surface area contributed by atoms with E-state index in [4.69, 9.17) is 4.74 Å². The maximum absolute atomic E-state index is 18.7. The SMILES string of the molecule is COc1cc(C(C)(C)C)ccc1C1=C2C(c3ccc(C(C)(C)C)cc3)=CC(c3ccc(C=O)cc3)=[N+]2B(F)n2c(-c3ccc(C=O)cc3)cc(-c3ccc(C(C)(C)C)cc3)c21. The number of benzene rings is 5. The number of halogens is 1. The highest BCUT2D eigenvalue weighted by Crippen LogP contribution is 2.50. The minimum Gasteiger partial charge on any atom is -0.496 e. The van der Waals surface area contributed by atoms with Crippen molar-refractivity contribution in [3.63, 3.8) is 0 Å². The molecule has 2 aliphatic rings. The van der Waals surface area contributed by atoms with Crippen molar-refractivity contribution >= 4 is 36.7 Å². The number of rotatable bonds is 8. The lowest BCUT2D eigenvalue weighted by Crippen LogP contribution is -2.41. The molecule has 8 rings (SSSR count). The van der Waals surface area contributed by atoms with Crippen LogP contribution in [0.4, 0.5) is 4.32 Å². The van der Waals surface area contributed by atoms with Crippen molar-refractivity contribution in [1.82, 2.24) is 4.48 Å². The predicted molar refractivity (Wildman–Crippen MR) is 249 cm³/mol. The Morgan fingerprint density at radius 3 is 1.54 bits per heavy atom. The first-order valence-electron chi connectivity index (χ1n) is 21.0. The third kappa shape index (κ3) is 7.45. The first kappa shape index (κ1) is 41.4. The van der Waals surface area contributed by atoms with Gasteiger partial charge < -0.3 is 4.74 Å². The molecule has 0 amide bonds. The summed E-state index contributed by atoms with van der Waals surface area (Å²) < 4.78 is 28.6. The highest BCUT2D eigenvalue weighted by atomic mass is 19.1. The fourth-order valence-electron chi connectivity index (χ4n) is 8.50. The van der Waals surface area contributed by atoms with E-state index in [0.29, 0.717) is 39.7 Å². The van der Waals surface area contributed by atoms with Gasteiger partial charge >= 0.3 is 7.26 Å². The average molecular weight is 808 g/mol. The number of hydrogen-bond acceptors (Lipinski definition) is 3. The second kappa shape index (κ2) is 15.3. The topological polar surface area (TPSA) is 51.3 Å². The second-order valence-corrected chi connectivity index (χ2v) is 19.3. The van der Waals surface area contributed by atoms with Gasteiger partial charge in [0.05, 0.1) is 23.9 Å². The van der Waals surface area contributed by atoms with E-state index < -0.39 is 7.26 Å². The van der Waals surface area contributed by atoms with Crippen LogP contribution in [-0.4, -0.2) is 41.6 Å². The fourth-order valence-corrected chi connectivity index (χ4v) is 8.50. The smallest absolute Gasteiger partial charge is 0.496 e. The summed E-state index contributed by atoms with van der Waals surface area (Å²) in [5.41, 5.74) is 13.9. The van der Waals surface area contributed by atoms with Crippen LogP contribution < -0.4 is 4.74 Å². The summed E-state index contributed by atoms with van der Waals surface area (Å²) in [4.78, 5) is 23.6. The Morgan fingerprint density at radius 1 is 0.574 bits per heavy atom. The van der Waals surface area contributed by atoms with Gasteiger partial charge in [0.15, 0.2) is 5.71 Å². The van der Waals surface area contributed by atoms with Crippen molar-refractivity contribution in [3.8, 4) is 28.1 Å². The normalized spacial score (nSPS) is 14.2. The van der Waals surface area contributed by atoms with E-state index in [9.17, 15) is 9.59 Å². The third-order valence-corrected chi connectivity index (χ3v) is 12.1. The fraction of sp³-hybridized carbons (Fsp3) is 0.241. The molecule has 0 spiro atoms. The van der Waals surface area contributed by atoms with Crippen molar-refractivity contribution in [1.29, 1.82) is 0 Å². The Hall–Kier alpha value is -6.34. The monoisotopic (exact) mass is 807 g/mol. The molecule has 306 valence electrons. The first-order valence-corrected chi connectivity index (χ1v) is 21.0. The molecular formula is C54H53BFN2O3+. The molecule has 0 fully saturated rings. The quantitative estimate of drug-likeness (QED) is 0.114. The number of carbonyl (C=O) groups excluding carboxylic acids is 2. The van der Waals surface area contributed by atoms with Crippen LogP contribution >= 0.6 is 0 Å². The van der Waals surface area contributed by atoms with Gasteiger partial charge in [-0.05, 0) is 73.9 Å². The molecule has 2 aliphatic heterocycles. The summed E-state index contributed by atoms with van der Waals surface area (Å²) in [6.45, 7) is 19.7. The molecule has 5 aromatic carbocycles. The number of nitrogens with zero attached hydrogens (tertiary/aromatic N) is 2. The Bertz CT molecular complexity index is 2790. The maximum Gasteiger partial charge on any atom is 0.847 e. The highest BCUT2D eigenvalue weighted by Gasteiger charge is 2.54. The van der Waals surface area contributed by atoms with Crippen LogP contribution in [0.2, 0.25) is 0 Å². The van der Waals surface area contributed by atoms with Gasteiger partial charge in [-0.15, -0.1) is 0 Å². The summed E-state index contributed by atoms with van der Waals surface area (Å²) in [7, 11) is -0.0106. The molecule has 0 aliphatic carbocycles. The lowest BCUT2D eigenvalue weighted by molar-refractivity contribution is -0.332. The summed E-state index contributed by atoms with van der Waals surface area (Å²) in [5.74, 6) is 0.678. The summed E-state index contributed by atoms with van der Waals surface area (Å²) in [5, 5.41) is 0. The van der Waals surface area contributed by atoms with Gasteiger partial charge in [0.25, 0.3) is 0 Å². The molecule has 0 radical (unpaired) electrons. The van der Waals surface area contributed by atoms with Gasteiger partial charge in [0.2, 0.25) is 5.70 Å². The van der Waals surface area contributed by atoms with Crippen LogP contribution in [0, 0.1) is 0 Å². The van der Waals surface area contributed by atoms with Gasteiger partial charge in [-0.2, -0.15) is 0 Å². The molecule has 0 saturated carbocycles. The standard InChI is InChI=1S/C54H53BFN2O3/c1-52(2,3)40-23-19-36(20-24-40)44-30-46(38-15-11-34(32-59)12-16-38)57-50(44)49(43-28-27-42(54(7,8)9)29-48(43)61-10)51-45(37-21-25-41(26-22-37)53(4,5)6)31-47(58(51)55(57)56)39-17-13-35(33-60)14-18-39/h11-33H,1-10H3/q+1. The van der Waals surface area contributed by atoms with E-state index in [1.807, 2.05) is 24.3 Å². The Morgan fingerprint density at radius 2 is 1.05 bits per heavy atom. The number of carbonyl (C=O) groups is 2. The number of methoxy groups -OCH3 is 1. The largest absolute Gasteiger partial charge is 0.847 e. The molecule has 0 N–H and O–H groups in total. The Kier molecular flexibility index (Phi) is 10.4. The molecular weight excluding hydrogens is 754 g/mol. The van der Waals surface area contributed by atoms with E-state index in [-0.39, 0.29) is 16.2 Å². The van der Waals surface area contributed by atoms with Crippen molar-refractivity contribution < 1.29 is 23.1 Å². The Balaban J connectivity index is 1.54. The number of aldehydes is 2. The molecule has 7 heteroatoms. The van der Waals surface area contributed by atoms with Gasteiger partial charge in [-0.25, -0.2) is 8.80 Å². The number of fused-ring (bicyclic) bond motifs is 2. The predicted octanol–water partition coefficient (Wildman–Crippen LogP) is 12.5. The van der Waals surface area contributed by atoms with E-state index in [1.54, 1.807) is 40.3 Å². The van der Waals surface area contributed by atoms with E-state index in [0.717, 1.165) is 62.7 Å². The van der Waals surface area contributed by atoms with E-state index >= 15 is 4.32 Å². The maximum atomic E-state index is 18.7. The third-order valence-electron chi connectivity index (χ3n) is 12.1. The lowest BCUT2D eigenvalue weighted by atomic mass is 9.81. The summed E-state index contributed by atoms with van der Waals surface area (Å²) >= 11 is 0. The number of ether oxygens (including phenoxy) is 1. The van der Waals surface area contributed by atoms with E-state index in [2.05, 4.69) is 141 Å². The molecule has 6 aromatic rings. The molecule has 0 atom stereocenters. The first-order chi connectivity index (χ1) is 28.9. The molecule has 0 unspecified atom stereocenters. The van der Waals surface area contributed by atoms with E-state index in [1.165, 1.54) is 11.1 Å². The van der Waals surface area contributed by atoms with Gasteiger partial charge in [0.1, 0.15) is 18.3 Å². The van der Waals surface area contributed by atoms with Crippen LogP contribution in [0.5, 0.6) is 5.75 Å². The van der Waals surface area contributed by atoms with Crippen LogP contribution in [0.15, 0.2) is 133 Å². The van der Waals surface area contributed by atoms with Crippen molar-refractivity contribution in [2.24, 2.45) is 0 Å². The minimum absolute atomic E-state index is 0.0632. The van der Waals surface area contributed by atoms with Gasteiger partial charge in [-0.3, -0.25) is 14.1 Å². The summed E-state index contributed by atoms with van der Waals surface area (Å²) in [6.07, 6.45) is 3.73. The Labute approximate surface area is 360 Å².